The summed E-state index contributed by atoms with van der Waals surface area (Å²) in [7, 11) is 1.65. The molecule has 0 bridgehead atoms. The van der Waals surface area contributed by atoms with Crippen LogP contribution in [0.1, 0.15) is 31.1 Å². The Balaban J connectivity index is 1.66. The van der Waals surface area contributed by atoms with Crippen molar-refractivity contribution in [3.63, 3.8) is 0 Å². The molecule has 2 aromatic heterocycles. The van der Waals surface area contributed by atoms with Gasteiger partial charge in [-0.1, -0.05) is 0 Å². The molecule has 0 radical (unpaired) electrons. The number of benzene rings is 1. The standard InChI is InChI=1S/C23H22F3N5O/c1-13-12-30(14(2)22-17(25)8-15(24)9-18(22)26)6-7-31(13)20-10-21(32)29(3)19-5-4-16(11-27)28-23(19)20/h4-5,8-10,13-14H,6-7,12H2,1-3H3/t13-,14?/m0/s1. The van der Waals surface area contributed by atoms with Crippen molar-refractivity contribution >= 4 is 16.7 Å². The van der Waals surface area contributed by atoms with Crippen molar-refractivity contribution in [2.75, 3.05) is 24.5 Å². The second-order valence-corrected chi connectivity index (χ2v) is 8.10. The van der Waals surface area contributed by atoms with E-state index < -0.39 is 23.5 Å². The highest BCUT2D eigenvalue weighted by Gasteiger charge is 2.31. The predicted octanol–water partition coefficient (Wildman–Crippen LogP) is 3.49. The molecule has 0 N–H and O–H groups in total. The lowest BCUT2D eigenvalue weighted by Gasteiger charge is -2.43. The highest BCUT2D eigenvalue weighted by atomic mass is 19.1. The van der Waals surface area contributed by atoms with E-state index in [4.69, 9.17) is 0 Å². The summed E-state index contributed by atoms with van der Waals surface area (Å²) in [4.78, 5) is 20.9. The molecule has 6 nitrogen and oxygen atoms in total. The zero-order valence-corrected chi connectivity index (χ0v) is 17.9. The maximum absolute atomic E-state index is 14.3. The molecule has 1 unspecified atom stereocenters. The highest BCUT2D eigenvalue weighted by molar-refractivity contribution is 5.88. The highest BCUT2D eigenvalue weighted by Crippen LogP contribution is 2.32. The summed E-state index contributed by atoms with van der Waals surface area (Å²) in [6.07, 6.45) is 0. The van der Waals surface area contributed by atoms with Gasteiger partial charge < -0.3 is 9.47 Å². The molecule has 0 spiro atoms. The lowest BCUT2D eigenvalue weighted by molar-refractivity contribution is 0.169. The summed E-state index contributed by atoms with van der Waals surface area (Å²) in [6, 6.07) is 7.49. The van der Waals surface area contributed by atoms with Gasteiger partial charge >= 0.3 is 0 Å². The fourth-order valence-electron chi connectivity index (χ4n) is 4.42. The molecule has 1 fully saturated rings. The second-order valence-electron chi connectivity index (χ2n) is 8.10. The summed E-state index contributed by atoms with van der Waals surface area (Å²) >= 11 is 0. The molecule has 166 valence electrons. The van der Waals surface area contributed by atoms with Crippen LogP contribution in [-0.2, 0) is 7.05 Å². The monoisotopic (exact) mass is 441 g/mol. The fraction of sp³-hybridized carbons (Fsp3) is 0.348. The molecule has 2 atom stereocenters. The number of anilines is 1. The van der Waals surface area contributed by atoms with Crippen molar-refractivity contribution in [1.82, 2.24) is 14.5 Å². The van der Waals surface area contributed by atoms with E-state index >= 15 is 0 Å². The average Bonchev–Trinajstić information content (AvgIpc) is 2.75. The number of hydrogen-bond donors (Lipinski definition) is 0. The van der Waals surface area contributed by atoms with Gasteiger partial charge in [-0.05, 0) is 26.0 Å². The van der Waals surface area contributed by atoms with Gasteiger partial charge in [-0.25, -0.2) is 18.2 Å². The molecule has 1 aliphatic rings. The Hall–Kier alpha value is -3.38. The van der Waals surface area contributed by atoms with Gasteiger partial charge in [-0.15, -0.1) is 0 Å². The summed E-state index contributed by atoms with van der Waals surface area (Å²) < 4.78 is 43.4. The van der Waals surface area contributed by atoms with Crippen LogP contribution in [0.3, 0.4) is 0 Å². The molecule has 3 aromatic rings. The van der Waals surface area contributed by atoms with E-state index in [1.807, 2.05) is 22.8 Å². The van der Waals surface area contributed by atoms with E-state index in [0.29, 0.717) is 48.5 Å². The normalized spacial score (nSPS) is 18.0. The SMILES string of the molecule is CC(c1c(F)cc(F)cc1F)N1CCN(c2cc(=O)n(C)c3ccc(C#N)nc23)[C@@H](C)C1. The molecule has 0 saturated carbocycles. The van der Waals surface area contributed by atoms with Crippen molar-refractivity contribution in [3.05, 3.63) is 69.4 Å². The molecule has 1 aliphatic heterocycles. The van der Waals surface area contributed by atoms with Gasteiger partial charge in [0.05, 0.1) is 11.2 Å². The number of halogens is 3. The van der Waals surface area contributed by atoms with E-state index in [0.717, 1.165) is 0 Å². The fourth-order valence-corrected chi connectivity index (χ4v) is 4.42. The Kier molecular flexibility index (Phi) is 5.65. The number of nitriles is 1. The average molecular weight is 441 g/mol. The molecule has 9 heteroatoms. The number of aryl methyl sites for hydroxylation is 1. The lowest BCUT2D eigenvalue weighted by atomic mass is 10.0. The molecule has 1 aromatic carbocycles. The minimum Gasteiger partial charge on any atom is -0.364 e. The molecule has 0 amide bonds. The van der Waals surface area contributed by atoms with Crippen LogP contribution in [-0.4, -0.2) is 40.1 Å². The van der Waals surface area contributed by atoms with Crippen molar-refractivity contribution in [3.8, 4) is 6.07 Å². The van der Waals surface area contributed by atoms with Crippen LogP contribution >= 0.6 is 0 Å². The van der Waals surface area contributed by atoms with E-state index in [9.17, 15) is 23.2 Å². The largest absolute Gasteiger partial charge is 0.364 e. The minimum absolute atomic E-state index is 0.111. The number of hydrogen-bond acceptors (Lipinski definition) is 5. The van der Waals surface area contributed by atoms with E-state index in [-0.39, 0.29) is 22.9 Å². The first kappa shape index (κ1) is 21.8. The van der Waals surface area contributed by atoms with Gasteiger partial charge in [0.15, 0.2) is 0 Å². The van der Waals surface area contributed by atoms with Gasteiger partial charge in [0.1, 0.15) is 34.7 Å². The van der Waals surface area contributed by atoms with Crippen LogP contribution in [0.4, 0.5) is 18.9 Å². The number of nitrogens with zero attached hydrogens (tertiary/aromatic N) is 5. The minimum atomic E-state index is -0.948. The van der Waals surface area contributed by atoms with Gasteiger partial charge in [0.25, 0.3) is 5.56 Å². The van der Waals surface area contributed by atoms with Crippen molar-refractivity contribution in [2.24, 2.45) is 7.05 Å². The van der Waals surface area contributed by atoms with Crippen LogP contribution in [0, 0.1) is 28.8 Å². The number of aromatic nitrogens is 2. The summed E-state index contributed by atoms with van der Waals surface area (Å²) in [6.45, 7) is 5.06. The quantitative estimate of drug-likeness (QED) is 0.623. The Bertz CT molecular complexity index is 1280. The third-order valence-corrected chi connectivity index (χ3v) is 6.16. The van der Waals surface area contributed by atoms with Crippen LogP contribution in [0.15, 0.2) is 35.1 Å². The van der Waals surface area contributed by atoms with E-state index in [2.05, 4.69) is 4.98 Å². The zero-order chi connectivity index (χ0) is 23.2. The van der Waals surface area contributed by atoms with Crippen molar-refractivity contribution in [1.29, 1.82) is 5.26 Å². The maximum atomic E-state index is 14.3. The Morgan fingerprint density at radius 3 is 2.47 bits per heavy atom. The van der Waals surface area contributed by atoms with E-state index in [1.54, 1.807) is 26.1 Å². The maximum Gasteiger partial charge on any atom is 0.252 e. The molecular formula is C23H22F3N5O. The first-order valence-corrected chi connectivity index (χ1v) is 10.3. The number of rotatable bonds is 3. The lowest BCUT2D eigenvalue weighted by Crippen LogP contribution is -2.53. The Morgan fingerprint density at radius 2 is 1.84 bits per heavy atom. The van der Waals surface area contributed by atoms with Crippen LogP contribution in [0.25, 0.3) is 11.0 Å². The van der Waals surface area contributed by atoms with Crippen LogP contribution in [0.2, 0.25) is 0 Å². The van der Waals surface area contributed by atoms with Crippen molar-refractivity contribution < 1.29 is 13.2 Å². The Morgan fingerprint density at radius 1 is 1.16 bits per heavy atom. The first-order valence-electron chi connectivity index (χ1n) is 10.3. The van der Waals surface area contributed by atoms with E-state index in [1.165, 1.54) is 10.6 Å². The first-order chi connectivity index (χ1) is 15.2. The number of piperazine rings is 1. The van der Waals surface area contributed by atoms with Gasteiger partial charge in [0.2, 0.25) is 0 Å². The Labute approximate surface area is 183 Å². The molecule has 4 rings (SSSR count). The molecule has 0 aliphatic carbocycles. The summed E-state index contributed by atoms with van der Waals surface area (Å²) in [5.41, 5.74) is 1.68. The van der Waals surface area contributed by atoms with Crippen LogP contribution in [0.5, 0.6) is 0 Å². The zero-order valence-electron chi connectivity index (χ0n) is 17.9. The molecule has 1 saturated heterocycles. The second kappa shape index (κ2) is 8.28. The molecular weight excluding hydrogens is 419 g/mol. The van der Waals surface area contributed by atoms with Gasteiger partial charge in [0, 0.05) is 62.5 Å². The van der Waals surface area contributed by atoms with Gasteiger partial charge in [-0.3, -0.25) is 9.69 Å². The van der Waals surface area contributed by atoms with Crippen molar-refractivity contribution in [2.45, 2.75) is 25.9 Å². The molecule has 32 heavy (non-hydrogen) atoms. The number of pyridine rings is 2. The van der Waals surface area contributed by atoms with Gasteiger partial charge in [-0.2, -0.15) is 5.26 Å². The predicted molar refractivity (Wildman–Crippen MR) is 115 cm³/mol. The summed E-state index contributed by atoms with van der Waals surface area (Å²) in [5, 5.41) is 9.25. The molecule has 3 heterocycles. The topological polar surface area (TPSA) is 65.2 Å². The third-order valence-electron chi connectivity index (χ3n) is 6.16. The van der Waals surface area contributed by atoms with Crippen LogP contribution < -0.4 is 10.5 Å². The number of fused-ring (bicyclic) bond motifs is 1. The smallest absolute Gasteiger partial charge is 0.252 e. The third kappa shape index (κ3) is 3.71. The summed E-state index contributed by atoms with van der Waals surface area (Å²) in [5.74, 6) is -2.76.